The number of nitro groups is 1. The van der Waals surface area contributed by atoms with E-state index >= 15 is 0 Å². The lowest BCUT2D eigenvalue weighted by Gasteiger charge is -2.10. The minimum Gasteiger partial charge on any atom is -0.280 e. The fourth-order valence-electron chi connectivity index (χ4n) is 1.73. The number of nitro benzene ring substituents is 1. The molecule has 0 aliphatic heterocycles. The van der Waals surface area contributed by atoms with Gasteiger partial charge in [-0.15, -0.1) is 11.8 Å². The van der Waals surface area contributed by atoms with Crippen LogP contribution in [0.1, 0.15) is 0 Å². The summed E-state index contributed by atoms with van der Waals surface area (Å²) in [6.07, 6.45) is 1.87. The molecule has 0 saturated carbocycles. The number of hydrogen-bond donors (Lipinski definition) is 1. The molecule has 0 aliphatic carbocycles. The van der Waals surface area contributed by atoms with Gasteiger partial charge in [-0.1, -0.05) is 11.6 Å². The van der Waals surface area contributed by atoms with Crippen LogP contribution >= 0.6 is 23.4 Å². The summed E-state index contributed by atoms with van der Waals surface area (Å²) >= 11 is 7.12. The lowest BCUT2D eigenvalue weighted by atomic mass is 10.3. The Balaban J connectivity index is 2.39. The molecule has 0 aliphatic rings. The van der Waals surface area contributed by atoms with E-state index < -0.39 is 36.4 Å². The van der Waals surface area contributed by atoms with Crippen molar-refractivity contribution in [2.75, 3.05) is 11.0 Å². The summed E-state index contributed by atoms with van der Waals surface area (Å²) in [4.78, 5) is 9.95. The maximum atomic E-state index is 13.9. The van der Waals surface area contributed by atoms with E-state index in [1.54, 1.807) is 12.1 Å². The summed E-state index contributed by atoms with van der Waals surface area (Å²) in [5.41, 5.74) is -0.468. The van der Waals surface area contributed by atoms with Crippen LogP contribution in [0, 0.1) is 15.9 Å². The molecule has 0 fully saturated rings. The topological polar surface area (TPSA) is 89.3 Å². The molecule has 0 heterocycles. The number of nitrogens with one attached hydrogen (secondary N) is 1. The first-order valence-corrected chi connectivity index (χ1v) is 9.13. The van der Waals surface area contributed by atoms with Gasteiger partial charge in [0, 0.05) is 10.6 Å². The summed E-state index contributed by atoms with van der Waals surface area (Å²) in [5, 5.41) is 10.2. The number of sulfonamides is 1. The van der Waals surface area contributed by atoms with Crippen molar-refractivity contribution in [3.05, 3.63) is 57.4 Å². The lowest BCUT2D eigenvalue weighted by molar-refractivity contribution is -0.384. The van der Waals surface area contributed by atoms with Crippen molar-refractivity contribution in [2.45, 2.75) is 9.79 Å². The number of nitrogens with zero attached hydrogens (tertiary/aromatic N) is 1. The Bertz CT molecular complexity index is 857. The molecule has 2 rings (SSSR count). The number of benzene rings is 2. The van der Waals surface area contributed by atoms with Gasteiger partial charge < -0.3 is 0 Å². The van der Waals surface area contributed by atoms with E-state index in [9.17, 15) is 22.9 Å². The molecule has 1 N–H and O–H groups in total. The van der Waals surface area contributed by atoms with E-state index in [4.69, 9.17) is 11.6 Å². The maximum absolute atomic E-state index is 13.9. The summed E-state index contributed by atoms with van der Waals surface area (Å²) in [5.74, 6) is -1.26. The van der Waals surface area contributed by atoms with Crippen LogP contribution in [0.5, 0.6) is 0 Å². The van der Waals surface area contributed by atoms with E-state index in [0.29, 0.717) is 12.1 Å². The zero-order valence-corrected chi connectivity index (χ0v) is 14.0. The number of halogens is 2. The fraction of sp³-hybridized carbons (Fsp3) is 0.0769. The molecule has 122 valence electrons. The van der Waals surface area contributed by atoms with Gasteiger partial charge in [-0.05, 0) is 36.6 Å². The largest absolute Gasteiger partial charge is 0.290 e. The molecule has 0 aromatic heterocycles. The SMILES string of the molecule is CSc1ccc(NS(=O)(=O)c2cc(Cl)c([N+](=O)[O-])cc2F)cc1. The minimum absolute atomic E-state index is 0.233. The minimum atomic E-state index is -4.27. The highest BCUT2D eigenvalue weighted by atomic mass is 35.5. The van der Waals surface area contributed by atoms with Crippen LogP contribution in [0.15, 0.2) is 46.2 Å². The van der Waals surface area contributed by atoms with E-state index in [0.717, 1.165) is 4.90 Å². The second-order valence-corrected chi connectivity index (χ2v) is 7.26. The smallest absolute Gasteiger partial charge is 0.280 e. The predicted octanol–water partition coefficient (Wildman–Crippen LogP) is 3.91. The third kappa shape index (κ3) is 3.92. The Labute approximate surface area is 140 Å². The van der Waals surface area contributed by atoms with Crippen LogP contribution in [-0.4, -0.2) is 19.6 Å². The van der Waals surface area contributed by atoms with Crippen LogP contribution < -0.4 is 4.72 Å². The van der Waals surface area contributed by atoms with Gasteiger partial charge in [-0.25, -0.2) is 12.8 Å². The summed E-state index contributed by atoms with van der Waals surface area (Å²) < 4.78 is 40.6. The lowest BCUT2D eigenvalue weighted by Crippen LogP contribution is -2.15. The number of thioether (sulfide) groups is 1. The molecule has 2 aromatic rings. The summed E-state index contributed by atoms with van der Waals surface area (Å²) in [7, 11) is -4.27. The Hall–Kier alpha value is -1.84. The highest BCUT2D eigenvalue weighted by Gasteiger charge is 2.25. The average Bonchev–Trinajstić information content (AvgIpc) is 2.49. The second kappa shape index (κ2) is 6.73. The van der Waals surface area contributed by atoms with E-state index in [-0.39, 0.29) is 5.69 Å². The van der Waals surface area contributed by atoms with Crippen LogP contribution in [0.2, 0.25) is 5.02 Å². The van der Waals surface area contributed by atoms with Crippen LogP contribution in [0.25, 0.3) is 0 Å². The highest BCUT2D eigenvalue weighted by Crippen LogP contribution is 2.30. The van der Waals surface area contributed by atoms with Gasteiger partial charge in [0.15, 0.2) is 5.82 Å². The van der Waals surface area contributed by atoms with Gasteiger partial charge in [0.1, 0.15) is 9.92 Å². The predicted molar refractivity (Wildman–Crippen MR) is 87.1 cm³/mol. The van der Waals surface area contributed by atoms with Gasteiger partial charge >= 0.3 is 0 Å². The van der Waals surface area contributed by atoms with E-state index in [1.165, 1.54) is 23.9 Å². The first kappa shape index (κ1) is 17.5. The molecule has 0 bridgehead atoms. The zero-order valence-electron chi connectivity index (χ0n) is 11.6. The van der Waals surface area contributed by atoms with E-state index in [1.807, 2.05) is 6.26 Å². The molecule has 10 heteroatoms. The van der Waals surface area contributed by atoms with Crippen molar-refractivity contribution in [1.29, 1.82) is 0 Å². The van der Waals surface area contributed by atoms with Gasteiger partial charge in [-0.2, -0.15) is 0 Å². The molecule has 0 atom stereocenters. The normalized spacial score (nSPS) is 11.3. The standard InChI is InChI=1S/C13H10ClFN2O4S2/c1-22-9-4-2-8(3-5-9)16-23(20,21)13-6-10(14)12(17(18)19)7-11(13)15/h2-7,16H,1H3. The molecule has 2 aromatic carbocycles. The Morgan fingerprint density at radius 3 is 2.39 bits per heavy atom. The number of anilines is 1. The zero-order chi connectivity index (χ0) is 17.2. The van der Waals surface area contributed by atoms with Crippen molar-refractivity contribution in [3.63, 3.8) is 0 Å². The summed E-state index contributed by atoms with van der Waals surface area (Å²) in [6, 6.07) is 7.63. The highest BCUT2D eigenvalue weighted by molar-refractivity contribution is 7.98. The molecule has 0 amide bonds. The van der Waals surface area contributed by atoms with Crippen LogP contribution in [-0.2, 0) is 10.0 Å². The van der Waals surface area contributed by atoms with Crippen molar-refractivity contribution >= 4 is 44.8 Å². The number of hydrogen-bond acceptors (Lipinski definition) is 5. The molecular weight excluding hydrogens is 367 g/mol. The summed E-state index contributed by atoms with van der Waals surface area (Å²) in [6.45, 7) is 0. The Morgan fingerprint density at radius 2 is 1.87 bits per heavy atom. The molecule has 0 spiro atoms. The van der Waals surface area contributed by atoms with Crippen molar-refractivity contribution in [2.24, 2.45) is 0 Å². The van der Waals surface area contributed by atoms with Crippen LogP contribution in [0.3, 0.4) is 0 Å². The van der Waals surface area contributed by atoms with Gasteiger partial charge in [-0.3, -0.25) is 14.8 Å². The van der Waals surface area contributed by atoms with Crippen molar-refractivity contribution < 1.29 is 17.7 Å². The third-order valence-corrected chi connectivity index (χ3v) is 5.27. The third-order valence-electron chi connectivity index (χ3n) is 2.83. The van der Waals surface area contributed by atoms with E-state index in [2.05, 4.69) is 4.72 Å². The second-order valence-electron chi connectivity index (χ2n) is 4.33. The average molecular weight is 377 g/mol. The maximum Gasteiger partial charge on any atom is 0.290 e. The quantitative estimate of drug-likeness (QED) is 0.485. The van der Waals surface area contributed by atoms with Crippen molar-refractivity contribution in [1.82, 2.24) is 0 Å². The van der Waals surface area contributed by atoms with Crippen LogP contribution in [0.4, 0.5) is 15.8 Å². The molecule has 0 unspecified atom stereocenters. The Kier molecular flexibility index (Phi) is 5.12. The first-order chi connectivity index (χ1) is 10.7. The molecule has 23 heavy (non-hydrogen) atoms. The molecule has 6 nitrogen and oxygen atoms in total. The number of rotatable bonds is 5. The van der Waals surface area contributed by atoms with Crippen molar-refractivity contribution in [3.8, 4) is 0 Å². The van der Waals surface area contributed by atoms with Gasteiger partial charge in [0.05, 0.1) is 11.0 Å². The van der Waals surface area contributed by atoms with Gasteiger partial charge in [0.2, 0.25) is 0 Å². The Morgan fingerprint density at radius 1 is 1.26 bits per heavy atom. The monoisotopic (exact) mass is 376 g/mol. The fourth-order valence-corrected chi connectivity index (χ4v) is 3.58. The van der Waals surface area contributed by atoms with Gasteiger partial charge in [0.25, 0.3) is 15.7 Å². The molecular formula is C13H10ClFN2O4S2. The molecule has 0 saturated heterocycles. The molecule has 0 radical (unpaired) electrons. The first-order valence-electron chi connectivity index (χ1n) is 6.05.